The third kappa shape index (κ3) is 4.15. The molecule has 1 aliphatic heterocycles. The van der Waals surface area contributed by atoms with E-state index in [1.807, 2.05) is 0 Å². The van der Waals surface area contributed by atoms with Crippen molar-refractivity contribution in [1.82, 2.24) is 4.90 Å². The van der Waals surface area contributed by atoms with Crippen LogP contribution in [0, 0.1) is 0 Å². The second-order valence-corrected chi connectivity index (χ2v) is 4.09. The smallest absolute Gasteiger partial charge is 0.379 e. The lowest BCUT2D eigenvalue weighted by atomic mass is 10.1. The Hall–Kier alpha value is -0.780. The maximum absolute atomic E-state index is 12.5. The van der Waals surface area contributed by atoms with Crippen molar-refractivity contribution in [1.29, 1.82) is 0 Å². The van der Waals surface area contributed by atoms with Crippen molar-refractivity contribution in [2.45, 2.75) is 12.7 Å². The predicted octanol–water partition coefficient (Wildman–Crippen LogP) is 2.96. The number of nitrogens with zero attached hydrogens (tertiary/aromatic N) is 1. The number of halogens is 4. The quantitative estimate of drug-likeness (QED) is 0.826. The summed E-state index contributed by atoms with van der Waals surface area (Å²) >= 11 is 0. The molecule has 0 radical (unpaired) electrons. The Morgan fingerprint density at radius 1 is 1.17 bits per heavy atom. The van der Waals surface area contributed by atoms with Crippen LogP contribution < -0.4 is 0 Å². The van der Waals surface area contributed by atoms with Crippen LogP contribution in [-0.2, 0) is 17.5 Å². The van der Waals surface area contributed by atoms with Gasteiger partial charge in [0, 0.05) is 19.6 Å². The molecule has 0 aromatic heterocycles. The molecule has 0 N–H and O–H groups in total. The molecule has 1 fully saturated rings. The average Bonchev–Trinajstić information content (AvgIpc) is 2.29. The summed E-state index contributed by atoms with van der Waals surface area (Å²) in [6.07, 6.45) is -4.26. The van der Waals surface area contributed by atoms with E-state index in [2.05, 4.69) is 4.90 Å². The number of morpholine rings is 1. The number of hydrogen-bond acceptors (Lipinski definition) is 2. The lowest BCUT2D eigenvalue weighted by molar-refractivity contribution is -0.137. The van der Waals surface area contributed by atoms with Gasteiger partial charge in [0.1, 0.15) is 0 Å². The van der Waals surface area contributed by atoms with E-state index < -0.39 is 11.7 Å². The zero-order chi connectivity index (χ0) is 12.3. The van der Waals surface area contributed by atoms with Crippen LogP contribution in [0.3, 0.4) is 0 Å². The first-order chi connectivity index (χ1) is 8.05. The Kier molecular flexibility index (Phi) is 5.44. The molecule has 0 atom stereocenters. The average molecular weight is 282 g/mol. The van der Waals surface area contributed by atoms with Crippen LogP contribution in [0.2, 0.25) is 0 Å². The molecule has 0 bridgehead atoms. The van der Waals surface area contributed by atoms with Crippen molar-refractivity contribution < 1.29 is 17.9 Å². The Morgan fingerprint density at radius 3 is 2.44 bits per heavy atom. The van der Waals surface area contributed by atoms with Crippen molar-refractivity contribution in [3.05, 3.63) is 35.4 Å². The van der Waals surface area contributed by atoms with Crippen molar-refractivity contribution in [2.75, 3.05) is 26.3 Å². The Bertz CT molecular complexity index is 378. The fraction of sp³-hybridized carbons (Fsp3) is 0.500. The molecule has 1 aliphatic rings. The first-order valence-electron chi connectivity index (χ1n) is 5.52. The fourth-order valence-electron chi connectivity index (χ4n) is 1.86. The summed E-state index contributed by atoms with van der Waals surface area (Å²) in [5, 5.41) is 0. The van der Waals surface area contributed by atoms with Gasteiger partial charge >= 0.3 is 6.18 Å². The predicted molar refractivity (Wildman–Crippen MR) is 64.8 cm³/mol. The summed E-state index contributed by atoms with van der Waals surface area (Å²) in [6, 6.07) is 5.50. The van der Waals surface area contributed by atoms with Gasteiger partial charge in [-0.15, -0.1) is 12.4 Å². The van der Waals surface area contributed by atoms with Crippen LogP contribution in [0.25, 0.3) is 0 Å². The molecule has 0 aliphatic carbocycles. The van der Waals surface area contributed by atoms with E-state index in [0.717, 1.165) is 19.2 Å². The van der Waals surface area contributed by atoms with E-state index >= 15 is 0 Å². The monoisotopic (exact) mass is 281 g/mol. The molecular weight excluding hydrogens is 267 g/mol. The lowest BCUT2D eigenvalue weighted by Crippen LogP contribution is -2.35. The lowest BCUT2D eigenvalue weighted by Gasteiger charge is -2.26. The van der Waals surface area contributed by atoms with Crippen LogP contribution in [0.1, 0.15) is 11.1 Å². The van der Waals surface area contributed by atoms with Crippen molar-refractivity contribution in [3.63, 3.8) is 0 Å². The number of alkyl halides is 3. The summed E-state index contributed by atoms with van der Waals surface area (Å²) in [4.78, 5) is 2.10. The summed E-state index contributed by atoms with van der Waals surface area (Å²) in [6.45, 7) is 3.40. The highest BCUT2D eigenvalue weighted by atomic mass is 35.5. The molecular formula is C12H15ClF3NO. The van der Waals surface area contributed by atoms with Crippen LogP contribution in [0.15, 0.2) is 24.3 Å². The van der Waals surface area contributed by atoms with Gasteiger partial charge in [-0.2, -0.15) is 13.2 Å². The maximum Gasteiger partial charge on any atom is 0.416 e. The van der Waals surface area contributed by atoms with Gasteiger partial charge < -0.3 is 4.74 Å². The van der Waals surface area contributed by atoms with Crippen LogP contribution in [0.4, 0.5) is 13.2 Å². The zero-order valence-electron chi connectivity index (χ0n) is 9.74. The standard InChI is InChI=1S/C12H14F3NO.ClH/c13-12(14,15)11-3-1-2-10(8-11)9-16-4-6-17-7-5-16;/h1-3,8H,4-7,9H2;1H. The van der Waals surface area contributed by atoms with Crippen molar-refractivity contribution >= 4 is 12.4 Å². The largest absolute Gasteiger partial charge is 0.416 e. The Morgan fingerprint density at radius 2 is 1.83 bits per heavy atom. The molecule has 2 nitrogen and oxygen atoms in total. The topological polar surface area (TPSA) is 12.5 Å². The van der Waals surface area contributed by atoms with E-state index in [1.54, 1.807) is 6.07 Å². The van der Waals surface area contributed by atoms with Gasteiger partial charge in [0.2, 0.25) is 0 Å². The third-order valence-electron chi connectivity index (χ3n) is 2.76. The molecule has 102 valence electrons. The van der Waals surface area contributed by atoms with Gasteiger partial charge in [-0.05, 0) is 11.6 Å². The summed E-state index contributed by atoms with van der Waals surface area (Å²) in [7, 11) is 0. The summed E-state index contributed by atoms with van der Waals surface area (Å²) in [5.41, 5.74) is 0.116. The molecule has 0 saturated carbocycles. The van der Waals surface area contributed by atoms with Gasteiger partial charge in [0.05, 0.1) is 18.8 Å². The van der Waals surface area contributed by atoms with Crippen LogP contribution >= 0.6 is 12.4 Å². The van der Waals surface area contributed by atoms with E-state index in [9.17, 15) is 13.2 Å². The highest BCUT2D eigenvalue weighted by Crippen LogP contribution is 2.29. The maximum atomic E-state index is 12.5. The first kappa shape index (κ1) is 15.3. The molecule has 1 aromatic rings. The minimum absolute atomic E-state index is 0. The highest BCUT2D eigenvalue weighted by Gasteiger charge is 2.30. The fourth-order valence-corrected chi connectivity index (χ4v) is 1.86. The normalized spacial score (nSPS) is 17.3. The summed E-state index contributed by atoms with van der Waals surface area (Å²) in [5.74, 6) is 0. The van der Waals surface area contributed by atoms with Gasteiger partial charge in [0.15, 0.2) is 0 Å². The van der Waals surface area contributed by atoms with Crippen molar-refractivity contribution in [3.8, 4) is 0 Å². The van der Waals surface area contributed by atoms with Gasteiger partial charge in [-0.1, -0.05) is 18.2 Å². The minimum Gasteiger partial charge on any atom is -0.379 e. The Labute approximate surface area is 110 Å². The molecule has 18 heavy (non-hydrogen) atoms. The van der Waals surface area contributed by atoms with Crippen molar-refractivity contribution in [2.24, 2.45) is 0 Å². The SMILES string of the molecule is Cl.FC(F)(F)c1cccc(CN2CCOCC2)c1. The molecule has 6 heteroatoms. The summed E-state index contributed by atoms with van der Waals surface area (Å²) < 4.78 is 42.7. The van der Waals surface area contributed by atoms with Crippen LogP contribution in [0.5, 0.6) is 0 Å². The Balaban J connectivity index is 0.00000162. The number of rotatable bonds is 2. The molecule has 1 heterocycles. The number of ether oxygens (including phenoxy) is 1. The van der Waals surface area contributed by atoms with E-state index in [0.29, 0.717) is 25.3 Å². The minimum atomic E-state index is -4.26. The van der Waals surface area contributed by atoms with Gasteiger partial charge in [-0.3, -0.25) is 4.90 Å². The number of benzene rings is 1. The van der Waals surface area contributed by atoms with Gasteiger partial charge in [0.25, 0.3) is 0 Å². The number of hydrogen-bond donors (Lipinski definition) is 0. The second kappa shape index (κ2) is 6.41. The van der Waals surface area contributed by atoms with Gasteiger partial charge in [-0.25, -0.2) is 0 Å². The molecule has 0 unspecified atom stereocenters. The molecule has 0 amide bonds. The van der Waals surface area contributed by atoms with E-state index in [1.165, 1.54) is 12.1 Å². The molecule has 1 aromatic carbocycles. The second-order valence-electron chi connectivity index (χ2n) is 4.09. The van der Waals surface area contributed by atoms with Crippen LogP contribution in [-0.4, -0.2) is 31.2 Å². The third-order valence-corrected chi connectivity index (χ3v) is 2.76. The highest BCUT2D eigenvalue weighted by molar-refractivity contribution is 5.85. The first-order valence-corrected chi connectivity index (χ1v) is 5.52. The molecule has 0 spiro atoms. The van der Waals surface area contributed by atoms with E-state index in [-0.39, 0.29) is 12.4 Å². The van der Waals surface area contributed by atoms with E-state index in [4.69, 9.17) is 4.74 Å². The molecule has 1 saturated heterocycles. The zero-order valence-corrected chi connectivity index (χ0v) is 10.6. The molecule has 2 rings (SSSR count).